The molecular weight excluding hydrogens is 260 g/mol. The van der Waals surface area contributed by atoms with Gasteiger partial charge in [-0.05, 0) is 56.9 Å². The van der Waals surface area contributed by atoms with Crippen molar-refractivity contribution in [2.24, 2.45) is 0 Å². The highest BCUT2D eigenvalue weighted by molar-refractivity contribution is 5.96. The number of amides is 1. The molecule has 1 aromatic carbocycles. The fourth-order valence-electron chi connectivity index (χ4n) is 3.01. The molecule has 21 heavy (non-hydrogen) atoms. The number of nitrogens with one attached hydrogen (secondary N) is 1. The molecule has 116 valence electrons. The van der Waals surface area contributed by atoms with E-state index in [1.165, 1.54) is 12.8 Å². The molecule has 1 aliphatic heterocycles. The van der Waals surface area contributed by atoms with Crippen molar-refractivity contribution in [2.45, 2.75) is 58.9 Å². The first kappa shape index (κ1) is 15.9. The van der Waals surface area contributed by atoms with Crippen molar-refractivity contribution in [2.75, 3.05) is 18.4 Å². The second-order valence-electron chi connectivity index (χ2n) is 6.15. The van der Waals surface area contributed by atoms with Crippen LogP contribution < -0.4 is 5.32 Å². The molecular formula is C18H28N2O. The summed E-state index contributed by atoms with van der Waals surface area (Å²) in [6, 6.07) is 6.45. The number of carbonyl (C=O) groups excluding carboxylic acids is 1. The zero-order valence-corrected chi connectivity index (χ0v) is 13.6. The van der Waals surface area contributed by atoms with E-state index in [1.807, 2.05) is 19.1 Å². The lowest BCUT2D eigenvalue weighted by atomic mass is 10.0. The predicted molar refractivity (Wildman–Crippen MR) is 88.9 cm³/mol. The Morgan fingerprint density at radius 3 is 2.86 bits per heavy atom. The Morgan fingerprint density at radius 1 is 1.33 bits per heavy atom. The van der Waals surface area contributed by atoms with E-state index < -0.39 is 0 Å². The van der Waals surface area contributed by atoms with Crippen LogP contribution in [0.2, 0.25) is 0 Å². The topological polar surface area (TPSA) is 32.3 Å². The quantitative estimate of drug-likeness (QED) is 0.899. The van der Waals surface area contributed by atoms with E-state index in [-0.39, 0.29) is 5.91 Å². The minimum absolute atomic E-state index is 0.198. The Hall–Kier alpha value is -1.51. The number of anilines is 1. The Kier molecular flexibility index (Phi) is 5.66. The molecule has 1 amide bonds. The third-order valence-electron chi connectivity index (χ3n) is 4.35. The Labute approximate surface area is 128 Å². The first-order valence-corrected chi connectivity index (χ1v) is 8.29. The summed E-state index contributed by atoms with van der Waals surface area (Å²) in [4.78, 5) is 14.9. The fourth-order valence-corrected chi connectivity index (χ4v) is 3.01. The van der Waals surface area contributed by atoms with Crippen LogP contribution in [0, 0.1) is 6.92 Å². The van der Waals surface area contributed by atoms with Crippen molar-refractivity contribution in [3.8, 4) is 0 Å². The molecule has 1 fully saturated rings. The molecule has 0 aliphatic carbocycles. The van der Waals surface area contributed by atoms with Crippen molar-refractivity contribution < 1.29 is 4.79 Å². The van der Waals surface area contributed by atoms with Gasteiger partial charge in [-0.2, -0.15) is 0 Å². The highest BCUT2D eigenvalue weighted by Crippen LogP contribution is 2.22. The molecule has 0 bridgehead atoms. The van der Waals surface area contributed by atoms with Crippen LogP contribution in [0.15, 0.2) is 18.2 Å². The third kappa shape index (κ3) is 3.99. The molecule has 1 N–H and O–H groups in total. The summed E-state index contributed by atoms with van der Waals surface area (Å²) in [5.74, 6) is 0.198. The predicted octanol–water partition coefficient (Wildman–Crippen LogP) is 4.22. The molecule has 0 aromatic heterocycles. The van der Waals surface area contributed by atoms with Gasteiger partial charge in [-0.3, -0.25) is 4.79 Å². The van der Waals surface area contributed by atoms with E-state index in [2.05, 4.69) is 30.1 Å². The number of hydrogen-bond donors (Lipinski definition) is 1. The van der Waals surface area contributed by atoms with Crippen molar-refractivity contribution >= 4 is 11.6 Å². The van der Waals surface area contributed by atoms with Gasteiger partial charge in [-0.15, -0.1) is 0 Å². The van der Waals surface area contributed by atoms with Gasteiger partial charge in [0.15, 0.2) is 0 Å². The molecule has 1 unspecified atom stereocenters. The molecule has 1 aromatic rings. The van der Waals surface area contributed by atoms with E-state index in [1.54, 1.807) is 0 Å². The number of carbonyl (C=O) groups is 1. The minimum atomic E-state index is 0.198. The van der Waals surface area contributed by atoms with Gasteiger partial charge in [0.2, 0.25) is 0 Å². The van der Waals surface area contributed by atoms with E-state index in [0.29, 0.717) is 6.04 Å². The number of nitrogens with zero attached hydrogens (tertiary/aromatic N) is 1. The van der Waals surface area contributed by atoms with Crippen LogP contribution in [0.3, 0.4) is 0 Å². The molecule has 0 spiro atoms. The van der Waals surface area contributed by atoms with Crippen LogP contribution in [0.4, 0.5) is 5.69 Å². The van der Waals surface area contributed by atoms with E-state index in [9.17, 15) is 4.79 Å². The van der Waals surface area contributed by atoms with Gasteiger partial charge in [0.25, 0.3) is 5.91 Å². The SMILES string of the molecule is CCCNc1ccc(C(=O)N2CCCCCC2C)c(C)c1. The summed E-state index contributed by atoms with van der Waals surface area (Å²) < 4.78 is 0. The third-order valence-corrected chi connectivity index (χ3v) is 4.35. The van der Waals surface area contributed by atoms with Crippen LogP contribution in [0.5, 0.6) is 0 Å². The second-order valence-corrected chi connectivity index (χ2v) is 6.15. The van der Waals surface area contributed by atoms with Crippen LogP contribution in [-0.4, -0.2) is 29.9 Å². The summed E-state index contributed by atoms with van der Waals surface area (Å²) in [7, 11) is 0. The van der Waals surface area contributed by atoms with Crippen molar-refractivity contribution in [3.63, 3.8) is 0 Å². The minimum Gasteiger partial charge on any atom is -0.385 e. The Morgan fingerprint density at radius 2 is 2.14 bits per heavy atom. The summed E-state index contributed by atoms with van der Waals surface area (Å²) in [5.41, 5.74) is 3.03. The lowest BCUT2D eigenvalue weighted by Gasteiger charge is -2.28. The van der Waals surface area contributed by atoms with Crippen LogP contribution in [0.25, 0.3) is 0 Å². The van der Waals surface area contributed by atoms with Gasteiger partial charge in [0.1, 0.15) is 0 Å². The fraction of sp³-hybridized carbons (Fsp3) is 0.611. The summed E-state index contributed by atoms with van der Waals surface area (Å²) in [6.07, 6.45) is 5.84. The maximum atomic E-state index is 12.8. The lowest BCUT2D eigenvalue weighted by molar-refractivity contribution is 0.0697. The van der Waals surface area contributed by atoms with Gasteiger partial charge in [0.05, 0.1) is 0 Å². The van der Waals surface area contributed by atoms with Crippen LogP contribution in [0.1, 0.15) is 61.9 Å². The van der Waals surface area contributed by atoms with Gasteiger partial charge in [-0.1, -0.05) is 19.8 Å². The molecule has 2 rings (SSSR count). The Bertz CT molecular complexity index is 484. The second kappa shape index (κ2) is 7.48. The maximum Gasteiger partial charge on any atom is 0.254 e. The molecule has 1 atom stereocenters. The maximum absolute atomic E-state index is 12.8. The smallest absolute Gasteiger partial charge is 0.254 e. The average molecular weight is 288 g/mol. The number of rotatable bonds is 4. The number of hydrogen-bond acceptors (Lipinski definition) is 2. The van der Waals surface area contributed by atoms with E-state index in [4.69, 9.17) is 0 Å². The summed E-state index contributed by atoms with van der Waals surface area (Å²) in [6.45, 7) is 8.23. The van der Waals surface area contributed by atoms with Crippen LogP contribution in [-0.2, 0) is 0 Å². The largest absolute Gasteiger partial charge is 0.385 e. The normalized spacial score (nSPS) is 19.2. The zero-order chi connectivity index (χ0) is 15.2. The highest BCUT2D eigenvalue weighted by Gasteiger charge is 2.24. The highest BCUT2D eigenvalue weighted by atomic mass is 16.2. The van der Waals surface area contributed by atoms with Crippen molar-refractivity contribution in [3.05, 3.63) is 29.3 Å². The van der Waals surface area contributed by atoms with Gasteiger partial charge >= 0.3 is 0 Å². The molecule has 1 aliphatic rings. The zero-order valence-electron chi connectivity index (χ0n) is 13.6. The number of likely N-dealkylation sites (tertiary alicyclic amines) is 1. The molecule has 0 radical (unpaired) electrons. The molecule has 0 saturated carbocycles. The summed E-state index contributed by atoms with van der Waals surface area (Å²) >= 11 is 0. The first-order chi connectivity index (χ1) is 10.1. The first-order valence-electron chi connectivity index (χ1n) is 8.29. The molecule has 1 saturated heterocycles. The van der Waals surface area contributed by atoms with Crippen LogP contribution >= 0.6 is 0 Å². The van der Waals surface area contributed by atoms with Gasteiger partial charge in [0, 0.05) is 30.4 Å². The lowest BCUT2D eigenvalue weighted by Crippen LogP contribution is -2.38. The van der Waals surface area contributed by atoms with E-state index >= 15 is 0 Å². The monoisotopic (exact) mass is 288 g/mol. The van der Waals surface area contributed by atoms with Gasteiger partial charge < -0.3 is 10.2 Å². The molecule has 3 nitrogen and oxygen atoms in total. The molecule has 3 heteroatoms. The number of aryl methyl sites for hydroxylation is 1. The van der Waals surface area contributed by atoms with E-state index in [0.717, 1.165) is 49.2 Å². The Balaban J connectivity index is 2.14. The summed E-state index contributed by atoms with van der Waals surface area (Å²) in [5, 5.41) is 3.37. The molecule has 1 heterocycles. The average Bonchev–Trinajstić information content (AvgIpc) is 2.69. The van der Waals surface area contributed by atoms with Gasteiger partial charge in [-0.25, -0.2) is 0 Å². The standard InChI is InChI=1S/C18H28N2O/c1-4-11-19-16-9-10-17(14(2)13-16)18(21)20-12-7-5-6-8-15(20)3/h9-10,13,15,19H,4-8,11-12H2,1-3H3. The van der Waals surface area contributed by atoms with Crippen molar-refractivity contribution in [1.82, 2.24) is 4.90 Å². The number of benzene rings is 1. The van der Waals surface area contributed by atoms with Crippen molar-refractivity contribution in [1.29, 1.82) is 0 Å².